The van der Waals surface area contributed by atoms with E-state index in [4.69, 9.17) is 4.42 Å². The predicted octanol–water partition coefficient (Wildman–Crippen LogP) is 5.70. The predicted molar refractivity (Wildman–Crippen MR) is 137 cm³/mol. The summed E-state index contributed by atoms with van der Waals surface area (Å²) < 4.78 is 7.51. The summed E-state index contributed by atoms with van der Waals surface area (Å²) in [6, 6.07) is 3.89. The molecule has 3 heterocycles. The fourth-order valence-corrected chi connectivity index (χ4v) is 5.87. The quantitative estimate of drug-likeness (QED) is 0.497. The number of carbonyl (C=O) groups is 2. The molecule has 2 aromatic rings. The van der Waals surface area contributed by atoms with E-state index in [9.17, 15) is 9.59 Å². The smallest absolute Gasteiger partial charge is 0.271 e. The summed E-state index contributed by atoms with van der Waals surface area (Å²) in [6.45, 7) is 11.4. The summed E-state index contributed by atoms with van der Waals surface area (Å²) in [5, 5.41) is 3.33. The topological polar surface area (TPSA) is 67.5 Å². The van der Waals surface area contributed by atoms with Crippen molar-refractivity contribution in [1.29, 1.82) is 0 Å². The molecule has 2 aromatic heterocycles. The highest BCUT2D eigenvalue weighted by molar-refractivity contribution is 7.99. The molecule has 6 nitrogen and oxygen atoms in total. The number of rotatable bonds is 8. The van der Waals surface area contributed by atoms with Crippen molar-refractivity contribution >= 4 is 34.7 Å². The van der Waals surface area contributed by atoms with Crippen LogP contribution in [0, 0.1) is 5.92 Å². The number of carbonyl (C=O) groups excluding carboxylic acids is 2. The molecular formula is C26H41N3O3S. The number of thioether (sulfide) groups is 1. The first kappa shape index (κ1) is 25.7. The normalized spacial score (nSPS) is 24.9. The monoisotopic (exact) mass is 475 g/mol. The van der Waals surface area contributed by atoms with Crippen molar-refractivity contribution in [3.8, 4) is 0 Å². The van der Waals surface area contributed by atoms with Crippen LogP contribution in [0.3, 0.4) is 0 Å². The number of aromatic nitrogens is 1. The van der Waals surface area contributed by atoms with Crippen LogP contribution in [0.2, 0.25) is 0 Å². The van der Waals surface area contributed by atoms with E-state index in [-0.39, 0.29) is 17.9 Å². The summed E-state index contributed by atoms with van der Waals surface area (Å²) >= 11 is 1.91. The average molecular weight is 476 g/mol. The molecule has 0 radical (unpaired) electrons. The third kappa shape index (κ3) is 5.28. The SMILES string of the molecule is CC.CCCSCCCN1C(=O)c2cc3occc3n2CC1(C)C(=O)NC1CCCCC1C. The third-order valence-electron chi connectivity index (χ3n) is 6.98. The van der Waals surface area contributed by atoms with E-state index in [0.29, 0.717) is 30.3 Å². The Morgan fingerprint density at radius 3 is 2.76 bits per heavy atom. The molecule has 7 heteroatoms. The number of furan rings is 1. The number of fused-ring (bicyclic) bond motifs is 3. The Labute approximate surface area is 202 Å². The van der Waals surface area contributed by atoms with Gasteiger partial charge in [0.05, 0.1) is 18.3 Å². The van der Waals surface area contributed by atoms with Crippen molar-refractivity contribution < 1.29 is 14.0 Å². The average Bonchev–Trinajstić information content (AvgIpc) is 3.41. The number of hydrogen-bond donors (Lipinski definition) is 1. The Hall–Kier alpha value is -1.89. The van der Waals surface area contributed by atoms with E-state index in [0.717, 1.165) is 49.1 Å². The lowest BCUT2D eigenvalue weighted by molar-refractivity contribution is -0.134. The van der Waals surface area contributed by atoms with Gasteiger partial charge in [0.1, 0.15) is 11.2 Å². The molecule has 0 aromatic carbocycles. The van der Waals surface area contributed by atoms with E-state index in [1.165, 1.54) is 6.42 Å². The zero-order valence-electron chi connectivity index (χ0n) is 21.0. The van der Waals surface area contributed by atoms with E-state index >= 15 is 0 Å². The number of nitrogens with zero attached hydrogens (tertiary/aromatic N) is 2. The van der Waals surface area contributed by atoms with E-state index in [2.05, 4.69) is 19.2 Å². The lowest BCUT2D eigenvalue weighted by Crippen LogP contribution is -2.65. The summed E-state index contributed by atoms with van der Waals surface area (Å²) in [7, 11) is 0. The highest BCUT2D eigenvalue weighted by Crippen LogP contribution is 2.34. The minimum absolute atomic E-state index is 0.0307. The summed E-state index contributed by atoms with van der Waals surface area (Å²) in [4.78, 5) is 29.1. The van der Waals surface area contributed by atoms with Crippen LogP contribution in [0.5, 0.6) is 0 Å². The van der Waals surface area contributed by atoms with Gasteiger partial charge in [-0.05, 0) is 50.0 Å². The molecule has 1 saturated carbocycles. The minimum Gasteiger partial charge on any atom is -0.463 e. The molecule has 1 aliphatic heterocycles. The van der Waals surface area contributed by atoms with Crippen LogP contribution in [-0.2, 0) is 11.3 Å². The van der Waals surface area contributed by atoms with Crippen molar-refractivity contribution in [1.82, 2.24) is 14.8 Å². The van der Waals surface area contributed by atoms with Gasteiger partial charge in [0.25, 0.3) is 5.91 Å². The van der Waals surface area contributed by atoms with Crippen LogP contribution in [0.15, 0.2) is 22.8 Å². The van der Waals surface area contributed by atoms with Gasteiger partial charge in [-0.25, -0.2) is 0 Å². The lowest BCUT2D eigenvalue weighted by atomic mass is 9.85. The molecule has 1 fully saturated rings. The van der Waals surface area contributed by atoms with Crippen molar-refractivity contribution in [2.24, 2.45) is 5.92 Å². The number of hydrogen-bond acceptors (Lipinski definition) is 4. The molecule has 0 spiro atoms. The summed E-state index contributed by atoms with van der Waals surface area (Å²) in [5.41, 5.74) is 1.28. The standard InChI is InChI=1S/C24H35N3O3S.C2H6/c1-4-13-31-14-7-11-27-22(28)20-15-21-19(10-12-30-21)26(20)16-24(27,3)23(29)25-18-9-6-5-8-17(18)2;1-2/h10,12,15,17-18H,4-9,11,13-14,16H2,1-3H3,(H,25,29);1-2H3. The molecule has 3 unspecified atom stereocenters. The molecule has 4 rings (SSSR count). The first-order chi connectivity index (χ1) is 16.0. The third-order valence-corrected chi connectivity index (χ3v) is 8.26. The second-order valence-corrected chi connectivity index (χ2v) is 10.5. The van der Waals surface area contributed by atoms with Gasteiger partial charge in [0.2, 0.25) is 5.91 Å². The molecule has 184 valence electrons. The molecule has 0 saturated heterocycles. The molecule has 0 bridgehead atoms. The van der Waals surface area contributed by atoms with Gasteiger partial charge < -0.3 is 19.2 Å². The number of nitrogens with one attached hydrogen (secondary N) is 1. The molecule has 2 amide bonds. The maximum Gasteiger partial charge on any atom is 0.271 e. The van der Waals surface area contributed by atoms with Crippen LogP contribution < -0.4 is 5.32 Å². The Morgan fingerprint density at radius 2 is 2.03 bits per heavy atom. The van der Waals surface area contributed by atoms with Gasteiger partial charge in [0.15, 0.2) is 5.58 Å². The van der Waals surface area contributed by atoms with Crippen LogP contribution in [0.4, 0.5) is 0 Å². The first-order valence-electron chi connectivity index (χ1n) is 12.7. The largest absolute Gasteiger partial charge is 0.463 e. The Bertz CT molecular complexity index is 937. The van der Waals surface area contributed by atoms with E-state index in [1.54, 1.807) is 6.26 Å². The lowest BCUT2D eigenvalue weighted by Gasteiger charge is -2.45. The van der Waals surface area contributed by atoms with Crippen molar-refractivity contribution in [3.63, 3.8) is 0 Å². The van der Waals surface area contributed by atoms with E-state index in [1.807, 2.05) is 54.1 Å². The molecule has 2 aliphatic rings. The van der Waals surface area contributed by atoms with Crippen LogP contribution in [0.1, 0.15) is 83.6 Å². The van der Waals surface area contributed by atoms with Gasteiger partial charge in [0, 0.05) is 24.7 Å². The molecular weight excluding hydrogens is 434 g/mol. The highest BCUT2D eigenvalue weighted by atomic mass is 32.2. The number of amides is 2. The molecule has 1 N–H and O–H groups in total. The van der Waals surface area contributed by atoms with Crippen molar-refractivity contribution in [2.75, 3.05) is 18.1 Å². The fourth-order valence-electron chi connectivity index (χ4n) is 5.05. The maximum absolute atomic E-state index is 13.7. The highest BCUT2D eigenvalue weighted by Gasteiger charge is 2.48. The van der Waals surface area contributed by atoms with Gasteiger partial charge in [-0.3, -0.25) is 9.59 Å². The van der Waals surface area contributed by atoms with Crippen LogP contribution in [0.25, 0.3) is 11.1 Å². The minimum atomic E-state index is -0.917. The zero-order valence-corrected chi connectivity index (χ0v) is 21.8. The molecule has 1 aliphatic carbocycles. The Kier molecular flexibility index (Phi) is 8.96. The summed E-state index contributed by atoms with van der Waals surface area (Å²) in [6.07, 6.45) is 8.23. The van der Waals surface area contributed by atoms with E-state index < -0.39 is 5.54 Å². The second kappa shape index (κ2) is 11.5. The van der Waals surface area contributed by atoms with Gasteiger partial charge in [-0.2, -0.15) is 11.8 Å². The molecule has 33 heavy (non-hydrogen) atoms. The maximum atomic E-state index is 13.7. The first-order valence-corrected chi connectivity index (χ1v) is 13.9. The van der Waals surface area contributed by atoms with Gasteiger partial charge >= 0.3 is 0 Å². The Balaban J connectivity index is 0.00000149. The van der Waals surface area contributed by atoms with Gasteiger partial charge in [-0.1, -0.05) is 40.5 Å². The van der Waals surface area contributed by atoms with Crippen molar-refractivity contribution in [2.45, 2.75) is 91.3 Å². The Morgan fingerprint density at radius 1 is 1.27 bits per heavy atom. The van der Waals surface area contributed by atoms with Crippen LogP contribution in [-0.4, -0.2) is 50.9 Å². The molecule has 3 atom stereocenters. The van der Waals surface area contributed by atoms with Gasteiger partial charge in [-0.15, -0.1) is 0 Å². The second-order valence-electron chi connectivity index (χ2n) is 9.32. The fraction of sp³-hybridized carbons (Fsp3) is 0.692. The summed E-state index contributed by atoms with van der Waals surface area (Å²) in [5.74, 6) is 2.49. The van der Waals surface area contributed by atoms with Crippen LogP contribution >= 0.6 is 11.8 Å². The zero-order chi connectivity index (χ0) is 24.0. The van der Waals surface area contributed by atoms with Crippen molar-refractivity contribution in [3.05, 3.63) is 24.1 Å².